The lowest BCUT2D eigenvalue weighted by atomic mass is 10.1. The lowest BCUT2D eigenvalue weighted by Crippen LogP contribution is -2.30. The van der Waals surface area contributed by atoms with Gasteiger partial charge < -0.3 is 4.90 Å². The number of hydrogen-bond acceptors (Lipinski definition) is 2. The Kier molecular flexibility index (Phi) is 6.45. The van der Waals surface area contributed by atoms with Crippen LogP contribution in [0.1, 0.15) is 41.5 Å². The van der Waals surface area contributed by atoms with E-state index in [4.69, 9.17) is 0 Å². The van der Waals surface area contributed by atoms with Gasteiger partial charge in [0.25, 0.3) is 0 Å². The molecule has 1 amide bonds. The third-order valence-corrected chi connectivity index (χ3v) is 5.13. The Morgan fingerprint density at radius 3 is 1.88 bits per heavy atom. The summed E-state index contributed by atoms with van der Waals surface area (Å²) in [5.41, 5.74) is 5.29. The molecule has 0 saturated carbocycles. The molecular weight excluding hydrogens is 320 g/mol. The van der Waals surface area contributed by atoms with Crippen LogP contribution in [0.2, 0.25) is 0 Å². The quantitative estimate of drug-likeness (QED) is 0.708. The van der Waals surface area contributed by atoms with Gasteiger partial charge in [-0.25, -0.2) is 0 Å². The van der Waals surface area contributed by atoms with Crippen LogP contribution in [-0.2, 0) is 17.9 Å². The topological polar surface area (TPSA) is 23.6 Å². The zero-order valence-electron chi connectivity index (χ0n) is 16.1. The van der Waals surface area contributed by atoms with E-state index in [1.165, 1.54) is 22.3 Å². The van der Waals surface area contributed by atoms with E-state index in [9.17, 15) is 4.79 Å². The number of hydrogen-bond donors (Lipinski definition) is 0. The Balaban J connectivity index is 1.60. The molecule has 0 spiro atoms. The van der Waals surface area contributed by atoms with E-state index in [2.05, 4.69) is 67.3 Å². The van der Waals surface area contributed by atoms with E-state index in [0.717, 1.165) is 52.0 Å². The second kappa shape index (κ2) is 9.00. The van der Waals surface area contributed by atoms with E-state index in [1.807, 2.05) is 4.90 Å². The van der Waals surface area contributed by atoms with E-state index < -0.39 is 0 Å². The highest BCUT2D eigenvalue weighted by atomic mass is 16.2. The van der Waals surface area contributed by atoms with Crippen LogP contribution in [0.5, 0.6) is 0 Å². The van der Waals surface area contributed by atoms with Crippen molar-refractivity contribution < 1.29 is 4.79 Å². The van der Waals surface area contributed by atoms with Gasteiger partial charge in [-0.15, -0.1) is 0 Å². The number of benzene rings is 2. The molecule has 3 heteroatoms. The van der Waals surface area contributed by atoms with Crippen LogP contribution in [0, 0.1) is 13.8 Å². The molecule has 0 unspecified atom stereocenters. The molecule has 1 aliphatic heterocycles. The van der Waals surface area contributed by atoms with Crippen LogP contribution >= 0.6 is 0 Å². The van der Waals surface area contributed by atoms with Gasteiger partial charge >= 0.3 is 0 Å². The first-order valence-electron chi connectivity index (χ1n) is 9.71. The normalized spacial score (nSPS) is 14.4. The second-order valence-electron chi connectivity index (χ2n) is 7.52. The van der Waals surface area contributed by atoms with Gasteiger partial charge in [-0.05, 0) is 37.8 Å². The highest BCUT2D eigenvalue weighted by Gasteiger charge is 2.19. The monoisotopic (exact) mass is 350 g/mol. The van der Waals surface area contributed by atoms with Gasteiger partial charge in [0.05, 0.1) is 0 Å². The van der Waals surface area contributed by atoms with Crippen LogP contribution in [0.3, 0.4) is 0 Å². The summed E-state index contributed by atoms with van der Waals surface area (Å²) in [5.74, 6) is 0.327. The van der Waals surface area contributed by atoms with Crippen molar-refractivity contribution in [2.24, 2.45) is 0 Å². The molecule has 1 aliphatic rings. The fraction of sp³-hybridized carbons (Fsp3) is 0.435. The lowest BCUT2D eigenvalue weighted by Gasteiger charge is -2.24. The number of likely N-dealkylation sites (tertiary alicyclic amines) is 1. The van der Waals surface area contributed by atoms with Crippen molar-refractivity contribution in [3.8, 4) is 0 Å². The molecule has 0 radical (unpaired) electrons. The summed E-state index contributed by atoms with van der Waals surface area (Å²) in [5, 5.41) is 0. The van der Waals surface area contributed by atoms with Crippen molar-refractivity contribution in [1.82, 2.24) is 9.80 Å². The average Bonchev–Trinajstić information content (AvgIpc) is 3.04. The van der Waals surface area contributed by atoms with Crippen molar-refractivity contribution in [1.29, 1.82) is 0 Å². The summed E-state index contributed by atoms with van der Waals surface area (Å²) in [6, 6.07) is 17.6. The minimum atomic E-state index is 0.327. The van der Waals surface area contributed by atoms with Crippen molar-refractivity contribution in [3.63, 3.8) is 0 Å². The van der Waals surface area contributed by atoms with E-state index >= 15 is 0 Å². The summed E-state index contributed by atoms with van der Waals surface area (Å²) in [7, 11) is 0. The smallest absolute Gasteiger partial charge is 0.222 e. The van der Waals surface area contributed by atoms with Crippen molar-refractivity contribution in [3.05, 3.63) is 70.8 Å². The van der Waals surface area contributed by atoms with E-state index in [-0.39, 0.29) is 0 Å². The van der Waals surface area contributed by atoms with Gasteiger partial charge in [0.1, 0.15) is 0 Å². The average molecular weight is 351 g/mol. The molecule has 3 nitrogen and oxygen atoms in total. The summed E-state index contributed by atoms with van der Waals surface area (Å²) >= 11 is 0. The molecular formula is C23H30N2O. The summed E-state index contributed by atoms with van der Waals surface area (Å²) in [6.07, 6.45) is 2.79. The summed E-state index contributed by atoms with van der Waals surface area (Å²) in [4.78, 5) is 16.3. The molecule has 138 valence electrons. The Labute approximate surface area is 157 Å². The molecule has 2 aromatic rings. The number of aryl methyl sites for hydroxylation is 2. The Morgan fingerprint density at radius 2 is 1.42 bits per heavy atom. The van der Waals surface area contributed by atoms with Gasteiger partial charge in [0.2, 0.25) is 5.91 Å². The molecule has 0 N–H and O–H groups in total. The number of carbonyl (C=O) groups is 1. The Bertz CT molecular complexity index is 658. The number of rotatable bonds is 8. The van der Waals surface area contributed by atoms with Crippen LogP contribution in [0.4, 0.5) is 0 Å². The first kappa shape index (κ1) is 18.7. The highest BCUT2D eigenvalue weighted by Crippen LogP contribution is 2.14. The standard InChI is InChI=1S/C23H30N2O/c1-19-6-10-21(11-7-19)17-24(18-22-12-8-20(2)9-13-22)14-4-16-25-15-3-5-23(25)26/h6-13H,3-5,14-18H2,1-2H3. The minimum absolute atomic E-state index is 0.327. The Hall–Kier alpha value is -2.13. The molecule has 2 aromatic carbocycles. The number of nitrogens with zero attached hydrogens (tertiary/aromatic N) is 2. The maximum Gasteiger partial charge on any atom is 0.222 e. The van der Waals surface area contributed by atoms with Crippen LogP contribution in [0.25, 0.3) is 0 Å². The molecule has 1 fully saturated rings. The number of amides is 1. The third-order valence-electron chi connectivity index (χ3n) is 5.13. The predicted octanol–water partition coefficient (Wildman–Crippen LogP) is 4.32. The molecule has 0 aromatic heterocycles. The van der Waals surface area contributed by atoms with Gasteiger partial charge in [0.15, 0.2) is 0 Å². The lowest BCUT2D eigenvalue weighted by molar-refractivity contribution is -0.127. The van der Waals surface area contributed by atoms with Crippen molar-refractivity contribution >= 4 is 5.91 Å². The second-order valence-corrected chi connectivity index (χ2v) is 7.52. The molecule has 0 bridgehead atoms. The van der Waals surface area contributed by atoms with Gasteiger partial charge in [-0.1, -0.05) is 59.7 Å². The van der Waals surface area contributed by atoms with Gasteiger partial charge in [-0.3, -0.25) is 9.69 Å². The minimum Gasteiger partial charge on any atom is -0.343 e. The molecule has 1 saturated heterocycles. The van der Waals surface area contributed by atoms with Crippen LogP contribution in [0.15, 0.2) is 48.5 Å². The summed E-state index contributed by atoms with van der Waals surface area (Å²) in [6.45, 7) is 8.98. The first-order valence-corrected chi connectivity index (χ1v) is 9.71. The fourth-order valence-corrected chi connectivity index (χ4v) is 3.54. The highest BCUT2D eigenvalue weighted by molar-refractivity contribution is 5.77. The van der Waals surface area contributed by atoms with Crippen LogP contribution in [-0.4, -0.2) is 35.3 Å². The van der Waals surface area contributed by atoms with Crippen molar-refractivity contribution in [2.75, 3.05) is 19.6 Å². The van der Waals surface area contributed by atoms with Crippen LogP contribution < -0.4 is 0 Å². The van der Waals surface area contributed by atoms with Gasteiger partial charge in [0, 0.05) is 39.1 Å². The third kappa shape index (κ3) is 5.43. The van der Waals surface area contributed by atoms with Crippen molar-refractivity contribution in [2.45, 2.75) is 46.2 Å². The first-order chi connectivity index (χ1) is 12.6. The summed E-state index contributed by atoms with van der Waals surface area (Å²) < 4.78 is 0. The fourth-order valence-electron chi connectivity index (χ4n) is 3.54. The molecule has 0 aliphatic carbocycles. The maximum atomic E-state index is 11.8. The SMILES string of the molecule is Cc1ccc(CN(CCCN2CCCC2=O)Cc2ccc(C)cc2)cc1. The number of carbonyl (C=O) groups excluding carboxylic acids is 1. The largest absolute Gasteiger partial charge is 0.343 e. The molecule has 1 heterocycles. The zero-order valence-corrected chi connectivity index (χ0v) is 16.1. The zero-order chi connectivity index (χ0) is 18.4. The molecule has 3 rings (SSSR count). The Morgan fingerprint density at radius 1 is 0.885 bits per heavy atom. The predicted molar refractivity (Wildman–Crippen MR) is 107 cm³/mol. The van der Waals surface area contributed by atoms with E-state index in [0.29, 0.717) is 5.91 Å². The van der Waals surface area contributed by atoms with E-state index in [1.54, 1.807) is 0 Å². The molecule has 26 heavy (non-hydrogen) atoms. The van der Waals surface area contributed by atoms with Gasteiger partial charge in [-0.2, -0.15) is 0 Å². The molecule has 0 atom stereocenters. The maximum absolute atomic E-state index is 11.8.